The van der Waals surface area contributed by atoms with Crippen molar-refractivity contribution in [3.05, 3.63) is 65.7 Å². The summed E-state index contributed by atoms with van der Waals surface area (Å²) in [6.07, 6.45) is 2.80. The summed E-state index contributed by atoms with van der Waals surface area (Å²) in [5.41, 5.74) is 2.20. The third-order valence-electron chi connectivity index (χ3n) is 3.71. The van der Waals surface area contributed by atoms with Gasteiger partial charge in [0.05, 0.1) is 18.4 Å². The molecule has 1 atom stereocenters. The Morgan fingerprint density at radius 2 is 2.05 bits per heavy atom. The molecule has 1 aromatic carbocycles. The fraction of sp³-hybridized carbons (Fsp3) is 0.353. The second-order valence-electron chi connectivity index (χ2n) is 5.38. The molecule has 0 bridgehead atoms. The Hall–Kier alpha value is -1.78. The van der Waals surface area contributed by atoms with Crippen LogP contribution in [0, 0.1) is 5.82 Å². The van der Waals surface area contributed by atoms with Crippen molar-refractivity contribution in [1.82, 2.24) is 9.88 Å². The molecule has 0 spiro atoms. The van der Waals surface area contributed by atoms with E-state index in [0.29, 0.717) is 0 Å². The minimum absolute atomic E-state index is 0.160. The average Bonchev–Trinajstić information content (AvgIpc) is 2.51. The van der Waals surface area contributed by atoms with Crippen molar-refractivity contribution in [3.8, 4) is 0 Å². The predicted molar refractivity (Wildman–Crippen MR) is 79.4 cm³/mol. The normalized spacial score (nSPS) is 19.6. The van der Waals surface area contributed by atoms with Crippen molar-refractivity contribution in [2.75, 3.05) is 19.7 Å². The molecule has 3 nitrogen and oxygen atoms in total. The quantitative estimate of drug-likeness (QED) is 0.864. The van der Waals surface area contributed by atoms with Gasteiger partial charge in [-0.25, -0.2) is 4.39 Å². The van der Waals surface area contributed by atoms with Gasteiger partial charge in [-0.1, -0.05) is 18.2 Å². The van der Waals surface area contributed by atoms with Gasteiger partial charge in [-0.05, 0) is 36.2 Å². The second-order valence-corrected chi connectivity index (χ2v) is 5.38. The van der Waals surface area contributed by atoms with Gasteiger partial charge >= 0.3 is 0 Å². The van der Waals surface area contributed by atoms with Crippen LogP contribution in [-0.2, 0) is 17.7 Å². The zero-order valence-corrected chi connectivity index (χ0v) is 11.9. The Bertz CT molecular complexity index is 559. The van der Waals surface area contributed by atoms with Gasteiger partial charge in [0.25, 0.3) is 0 Å². The van der Waals surface area contributed by atoms with Crippen molar-refractivity contribution in [2.45, 2.75) is 19.1 Å². The molecule has 2 heterocycles. The molecule has 4 heteroatoms. The topological polar surface area (TPSA) is 25.4 Å². The lowest BCUT2D eigenvalue weighted by Crippen LogP contribution is -2.42. The van der Waals surface area contributed by atoms with Gasteiger partial charge in [0.15, 0.2) is 0 Å². The Morgan fingerprint density at radius 1 is 1.19 bits per heavy atom. The minimum atomic E-state index is -0.194. The van der Waals surface area contributed by atoms with Crippen LogP contribution in [0.5, 0.6) is 0 Å². The molecule has 0 radical (unpaired) electrons. The van der Waals surface area contributed by atoms with Crippen molar-refractivity contribution < 1.29 is 9.13 Å². The molecular weight excluding hydrogens is 267 g/mol. The van der Waals surface area contributed by atoms with E-state index in [0.717, 1.165) is 43.9 Å². The molecule has 0 amide bonds. The van der Waals surface area contributed by atoms with Crippen LogP contribution in [0.15, 0.2) is 48.7 Å². The lowest BCUT2D eigenvalue weighted by molar-refractivity contribution is -0.0308. The minimum Gasteiger partial charge on any atom is -0.375 e. The monoisotopic (exact) mass is 286 g/mol. The lowest BCUT2D eigenvalue weighted by Gasteiger charge is -2.32. The van der Waals surface area contributed by atoms with Gasteiger partial charge in [-0.2, -0.15) is 0 Å². The first-order chi connectivity index (χ1) is 10.3. The van der Waals surface area contributed by atoms with E-state index >= 15 is 0 Å². The summed E-state index contributed by atoms with van der Waals surface area (Å²) in [5, 5.41) is 0. The molecule has 1 saturated heterocycles. The molecule has 1 aliphatic rings. The Morgan fingerprint density at radius 3 is 2.81 bits per heavy atom. The summed E-state index contributed by atoms with van der Waals surface area (Å²) in [6.45, 7) is 3.40. The van der Waals surface area contributed by atoms with E-state index in [1.165, 1.54) is 12.1 Å². The average molecular weight is 286 g/mol. The summed E-state index contributed by atoms with van der Waals surface area (Å²) >= 11 is 0. The standard InChI is InChI=1S/C17H19FN2O/c18-15-6-4-14(5-7-15)11-17-13-20(9-10-21-17)12-16-3-1-2-8-19-16/h1-8,17H,9-13H2. The molecule has 1 aromatic heterocycles. The van der Waals surface area contributed by atoms with Crippen LogP contribution in [0.3, 0.4) is 0 Å². The molecular formula is C17H19FN2O. The number of halogens is 1. The van der Waals surface area contributed by atoms with E-state index in [1.54, 1.807) is 0 Å². The highest BCUT2D eigenvalue weighted by molar-refractivity contribution is 5.17. The van der Waals surface area contributed by atoms with E-state index in [1.807, 2.05) is 36.5 Å². The van der Waals surface area contributed by atoms with Gasteiger partial charge in [0, 0.05) is 25.8 Å². The SMILES string of the molecule is Fc1ccc(CC2CN(Cc3ccccn3)CCO2)cc1. The first-order valence-corrected chi connectivity index (χ1v) is 7.28. The molecule has 0 saturated carbocycles. The second kappa shape index (κ2) is 6.78. The van der Waals surface area contributed by atoms with E-state index in [-0.39, 0.29) is 11.9 Å². The fourth-order valence-corrected chi connectivity index (χ4v) is 2.65. The van der Waals surface area contributed by atoms with Crippen LogP contribution in [0.1, 0.15) is 11.3 Å². The number of ether oxygens (including phenoxy) is 1. The van der Waals surface area contributed by atoms with Gasteiger partial charge in [0.1, 0.15) is 5.82 Å². The largest absolute Gasteiger partial charge is 0.375 e. The van der Waals surface area contributed by atoms with Crippen LogP contribution >= 0.6 is 0 Å². The maximum absolute atomic E-state index is 12.9. The van der Waals surface area contributed by atoms with Crippen LogP contribution in [0.2, 0.25) is 0 Å². The number of hydrogen-bond donors (Lipinski definition) is 0. The molecule has 2 aromatic rings. The number of pyridine rings is 1. The highest BCUT2D eigenvalue weighted by Gasteiger charge is 2.21. The smallest absolute Gasteiger partial charge is 0.123 e. The Balaban J connectivity index is 1.57. The molecule has 21 heavy (non-hydrogen) atoms. The zero-order chi connectivity index (χ0) is 14.5. The summed E-state index contributed by atoms with van der Waals surface area (Å²) in [5.74, 6) is -0.194. The van der Waals surface area contributed by atoms with Crippen molar-refractivity contribution in [3.63, 3.8) is 0 Å². The van der Waals surface area contributed by atoms with Crippen molar-refractivity contribution in [2.24, 2.45) is 0 Å². The number of aromatic nitrogens is 1. The van der Waals surface area contributed by atoms with Crippen LogP contribution in [0.4, 0.5) is 4.39 Å². The van der Waals surface area contributed by atoms with Gasteiger partial charge in [0.2, 0.25) is 0 Å². The third-order valence-corrected chi connectivity index (χ3v) is 3.71. The Kier molecular flexibility index (Phi) is 4.58. The molecule has 0 aliphatic carbocycles. The first-order valence-electron chi connectivity index (χ1n) is 7.28. The highest BCUT2D eigenvalue weighted by atomic mass is 19.1. The Labute approximate surface area is 124 Å². The van der Waals surface area contributed by atoms with Gasteiger partial charge < -0.3 is 4.74 Å². The maximum Gasteiger partial charge on any atom is 0.123 e. The number of hydrogen-bond acceptors (Lipinski definition) is 3. The van der Waals surface area contributed by atoms with Gasteiger partial charge in [-0.3, -0.25) is 9.88 Å². The molecule has 3 rings (SSSR count). The molecule has 1 aliphatic heterocycles. The third kappa shape index (κ3) is 4.09. The molecule has 1 fully saturated rings. The van der Waals surface area contributed by atoms with Crippen LogP contribution in [-0.4, -0.2) is 35.7 Å². The fourth-order valence-electron chi connectivity index (χ4n) is 2.65. The number of nitrogens with zero attached hydrogens (tertiary/aromatic N) is 2. The zero-order valence-electron chi connectivity index (χ0n) is 11.9. The lowest BCUT2D eigenvalue weighted by atomic mass is 10.1. The number of morpholine rings is 1. The van der Waals surface area contributed by atoms with Crippen LogP contribution in [0.25, 0.3) is 0 Å². The van der Waals surface area contributed by atoms with E-state index in [9.17, 15) is 4.39 Å². The number of rotatable bonds is 4. The molecule has 110 valence electrons. The van der Waals surface area contributed by atoms with E-state index < -0.39 is 0 Å². The number of benzene rings is 1. The summed E-state index contributed by atoms with van der Waals surface area (Å²) in [4.78, 5) is 6.73. The maximum atomic E-state index is 12.9. The summed E-state index contributed by atoms with van der Waals surface area (Å²) in [6, 6.07) is 12.7. The summed E-state index contributed by atoms with van der Waals surface area (Å²) in [7, 11) is 0. The van der Waals surface area contributed by atoms with Crippen molar-refractivity contribution in [1.29, 1.82) is 0 Å². The summed E-state index contributed by atoms with van der Waals surface area (Å²) < 4.78 is 18.7. The predicted octanol–water partition coefficient (Wildman–Crippen LogP) is 2.66. The van der Waals surface area contributed by atoms with E-state index in [4.69, 9.17) is 4.74 Å². The molecule has 1 unspecified atom stereocenters. The molecule has 0 N–H and O–H groups in total. The first kappa shape index (κ1) is 14.2. The highest BCUT2D eigenvalue weighted by Crippen LogP contribution is 2.14. The van der Waals surface area contributed by atoms with Crippen molar-refractivity contribution >= 4 is 0 Å². The van der Waals surface area contributed by atoms with Gasteiger partial charge in [-0.15, -0.1) is 0 Å². The van der Waals surface area contributed by atoms with E-state index in [2.05, 4.69) is 9.88 Å². The van der Waals surface area contributed by atoms with Crippen LogP contribution < -0.4 is 0 Å².